The van der Waals surface area contributed by atoms with Gasteiger partial charge in [-0.25, -0.2) is 0 Å². The zero-order chi connectivity index (χ0) is 16.5. The fourth-order valence-electron chi connectivity index (χ4n) is 3.67. The molecule has 2 fully saturated rings. The largest absolute Gasteiger partial charge is 0.396 e. The molecule has 3 N–H and O–H groups in total. The number of aliphatic imine (C=N–C) groups is 1. The van der Waals surface area contributed by atoms with E-state index in [0.717, 1.165) is 18.5 Å². The van der Waals surface area contributed by atoms with Gasteiger partial charge in [-0.05, 0) is 38.5 Å². The predicted molar refractivity (Wildman–Crippen MR) is 96.8 cm³/mol. The van der Waals surface area contributed by atoms with Crippen LogP contribution in [0.15, 0.2) is 4.99 Å². The molecule has 1 unspecified atom stereocenters. The van der Waals surface area contributed by atoms with Gasteiger partial charge in [0, 0.05) is 44.9 Å². The van der Waals surface area contributed by atoms with E-state index < -0.39 is 0 Å². The van der Waals surface area contributed by atoms with Gasteiger partial charge < -0.3 is 20.6 Å². The van der Waals surface area contributed by atoms with E-state index in [1.165, 1.54) is 58.0 Å². The van der Waals surface area contributed by atoms with Gasteiger partial charge in [-0.2, -0.15) is 0 Å². The lowest BCUT2D eigenvalue weighted by atomic mass is 9.92. The Morgan fingerprint density at radius 3 is 2.48 bits per heavy atom. The Hall–Kier alpha value is -0.810. The second kappa shape index (κ2) is 10.1. The van der Waals surface area contributed by atoms with E-state index in [4.69, 9.17) is 5.11 Å². The zero-order valence-electron chi connectivity index (χ0n) is 15.1. The minimum absolute atomic E-state index is 0.197. The quantitative estimate of drug-likeness (QED) is 0.516. The minimum atomic E-state index is 0.197. The molecule has 0 aromatic carbocycles. The monoisotopic (exact) mass is 324 g/mol. The number of piperidine rings is 1. The Kier molecular flexibility index (Phi) is 8.17. The molecule has 23 heavy (non-hydrogen) atoms. The van der Waals surface area contributed by atoms with Gasteiger partial charge in [0.05, 0.1) is 0 Å². The van der Waals surface area contributed by atoms with Crippen molar-refractivity contribution in [1.29, 1.82) is 0 Å². The molecule has 2 rings (SSSR count). The van der Waals surface area contributed by atoms with Crippen molar-refractivity contribution in [3.8, 4) is 0 Å². The molecule has 0 amide bonds. The first kappa shape index (κ1) is 18.5. The van der Waals surface area contributed by atoms with Gasteiger partial charge in [-0.1, -0.05) is 26.2 Å². The Bertz CT molecular complexity index is 347. The van der Waals surface area contributed by atoms with Crippen molar-refractivity contribution in [1.82, 2.24) is 15.5 Å². The van der Waals surface area contributed by atoms with E-state index in [1.807, 2.05) is 6.92 Å². The number of rotatable bonds is 6. The number of guanidine groups is 1. The SMILES string of the molecule is CCNC(=NCC(C)CO)NC1CCN(C2CCCCC2)CC1. The fourth-order valence-corrected chi connectivity index (χ4v) is 3.67. The molecule has 1 aliphatic heterocycles. The summed E-state index contributed by atoms with van der Waals surface area (Å²) in [5.41, 5.74) is 0. The summed E-state index contributed by atoms with van der Waals surface area (Å²) in [4.78, 5) is 7.33. The Morgan fingerprint density at radius 2 is 1.87 bits per heavy atom. The fraction of sp³-hybridized carbons (Fsp3) is 0.944. The first-order valence-corrected chi connectivity index (χ1v) is 9.62. The summed E-state index contributed by atoms with van der Waals surface area (Å²) in [5, 5.41) is 16.1. The summed E-state index contributed by atoms with van der Waals surface area (Å²) in [6.45, 7) is 8.30. The highest BCUT2D eigenvalue weighted by atomic mass is 16.3. The molecular formula is C18H36N4O. The number of aliphatic hydroxyl groups excluding tert-OH is 1. The summed E-state index contributed by atoms with van der Waals surface area (Å²) in [6.07, 6.45) is 9.49. The number of aliphatic hydroxyl groups is 1. The normalized spacial score (nSPS) is 23.7. The van der Waals surface area contributed by atoms with E-state index in [-0.39, 0.29) is 12.5 Å². The predicted octanol–water partition coefficient (Wildman–Crippen LogP) is 1.97. The molecule has 1 saturated heterocycles. The van der Waals surface area contributed by atoms with Crippen LogP contribution >= 0.6 is 0 Å². The van der Waals surface area contributed by atoms with Crippen LogP contribution in [0.3, 0.4) is 0 Å². The van der Waals surface area contributed by atoms with Gasteiger partial charge in [0.15, 0.2) is 5.96 Å². The van der Waals surface area contributed by atoms with Crippen molar-refractivity contribution in [2.75, 3.05) is 32.8 Å². The first-order chi connectivity index (χ1) is 11.2. The molecule has 1 heterocycles. The average molecular weight is 325 g/mol. The van der Waals surface area contributed by atoms with Gasteiger partial charge in [0.1, 0.15) is 0 Å². The molecule has 1 atom stereocenters. The Balaban J connectivity index is 1.76. The molecule has 1 saturated carbocycles. The summed E-state index contributed by atoms with van der Waals surface area (Å²) >= 11 is 0. The van der Waals surface area contributed by atoms with Crippen LogP contribution in [-0.2, 0) is 0 Å². The number of hydrogen-bond donors (Lipinski definition) is 3. The third-order valence-electron chi connectivity index (χ3n) is 5.18. The van der Waals surface area contributed by atoms with Crippen LogP contribution in [0.4, 0.5) is 0 Å². The molecule has 0 aromatic heterocycles. The summed E-state index contributed by atoms with van der Waals surface area (Å²) in [7, 11) is 0. The van der Waals surface area contributed by atoms with Crippen LogP contribution in [0.5, 0.6) is 0 Å². The molecule has 2 aliphatic rings. The van der Waals surface area contributed by atoms with E-state index >= 15 is 0 Å². The molecule has 5 heteroatoms. The molecule has 0 aromatic rings. The molecular weight excluding hydrogens is 288 g/mol. The van der Waals surface area contributed by atoms with Gasteiger partial charge in [0.25, 0.3) is 0 Å². The van der Waals surface area contributed by atoms with Crippen molar-refractivity contribution in [3.63, 3.8) is 0 Å². The van der Waals surface area contributed by atoms with Crippen molar-refractivity contribution in [2.24, 2.45) is 10.9 Å². The minimum Gasteiger partial charge on any atom is -0.396 e. The highest BCUT2D eigenvalue weighted by Gasteiger charge is 2.26. The average Bonchev–Trinajstić information content (AvgIpc) is 2.61. The smallest absolute Gasteiger partial charge is 0.191 e. The van der Waals surface area contributed by atoms with Crippen molar-refractivity contribution >= 4 is 5.96 Å². The maximum Gasteiger partial charge on any atom is 0.191 e. The highest BCUT2D eigenvalue weighted by Crippen LogP contribution is 2.25. The van der Waals surface area contributed by atoms with E-state index in [9.17, 15) is 0 Å². The van der Waals surface area contributed by atoms with Crippen LogP contribution in [0.1, 0.15) is 58.8 Å². The van der Waals surface area contributed by atoms with E-state index in [0.29, 0.717) is 12.6 Å². The standard InChI is InChI=1S/C18H36N4O/c1-3-19-18(20-13-15(2)14-23)21-16-9-11-22(12-10-16)17-7-5-4-6-8-17/h15-17,23H,3-14H2,1-2H3,(H2,19,20,21). The zero-order valence-corrected chi connectivity index (χ0v) is 15.1. The van der Waals surface area contributed by atoms with E-state index in [2.05, 4.69) is 27.4 Å². The van der Waals surface area contributed by atoms with Gasteiger partial charge in [-0.15, -0.1) is 0 Å². The van der Waals surface area contributed by atoms with Gasteiger partial charge >= 0.3 is 0 Å². The van der Waals surface area contributed by atoms with Crippen LogP contribution in [0, 0.1) is 5.92 Å². The summed E-state index contributed by atoms with van der Waals surface area (Å²) in [5.74, 6) is 1.13. The first-order valence-electron chi connectivity index (χ1n) is 9.62. The van der Waals surface area contributed by atoms with E-state index in [1.54, 1.807) is 0 Å². The Labute approximate surface area is 141 Å². The number of nitrogens with one attached hydrogen (secondary N) is 2. The van der Waals surface area contributed by atoms with Crippen LogP contribution in [0.2, 0.25) is 0 Å². The van der Waals surface area contributed by atoms with Crippen LogP contribution < -0.4 is 10.6 Å². The molecule has 0 spiro atoms. The third-order valence-corrected chi connectivity index (χ3v) is 5.18. The molecule has 134 valence electrons. The summed E-state index contributed by atoms with van der Waals surface area (Å²) < 4.78 is 0. The molecule has 0 bridgehead atoms. The van der Waals surface area contributed by atoms with Crippen LogP contribution in [-0.4, -0.2) is 60.8 Å². The van der Waals surface area contributed by atoms with Crippen LogP contribution in [0.25, 0.3) is 0 Å². The highest BCUT2D eigenvalue weighted by molar-refractivity contribution is 5.80. The number of nitrogens with zero attached hydrogens (tertiary/aromatic N) is 2. The molecule has 0 radical (unpaired) electrons. The summed E-state index contributed by atoms with van der Waals surface area (Å²) in [6, 6.07) is 1.37. The third kappa shape index (κ3) is 6.30. The van der Waals surface area contributed by atoms with Crippen molar-refractivity contribution in [2.45, 2.75) is 70.9 Å². The number of hydrogen-bond acceptors (Lipinski definition) is 3. The van der Waals surface area contributed by atoms with Gasteiger partial charge in [-0.3, -0.25) is 4.99 Å². The molecule has 1 aliphatic carbocycles. The van der Waals surface area contributed by atoms with Crippen molar-refractivity contribution in [3.05, 3.63) is 0 Å². The Morgan fingerprint density at radius 1 is 1.17 bits per heavy atom. The second-order valence-electron chi connectivity index (χ2n) is 7.25. The lowest BCUT2D eigenvalue weighted by Gasteiger charge is -2.39. The maximum atomic E-state index is 9.14. The lowest BCUT2D eigenvalue weighted by Crippen LogP contribution is -2.51. The number of likely N-dealkylation sites (tertiary alicyclic amines) is 1. The second-order valence-corrected chi connectivity index (χ2v) is 7.25. The molecule has 5 nitrogen and oxygen atoms in total. The lowest BCUT2D eigenvalue weighted by molar-refractivity contribution is 0.119. The van der Waals surface area contributed by atoms with Crippen molar-refractivity contribution < 1.29 is 5.11 Å². The topological polar surface area (TPSA) is 59.9 Å². The van der Waals surface area contributed by atoms with Gasteiger partial charge in [0.2, 0.25) is 0 Å². The maximum absolute atomic E-state index is 9.14.